The lowest BCUT2D eigenvalue weighted by Gasteiger charge is -2.29. The van der Waals surface area contributed by atoms with Crippen LogP contribution in [0, 0.1) is 0 Å². The molecule has 0 aliphatic heterocycles. The number of rotatable bonds is 7. The van der Waals surface area contributed by atoms with E-state index in [0.29, 0.717) is 12.1 Å². The van der Waals surface area contributed by atoms with E-state index < -0.39 is 0 Å². The van der Waals surface area contributed by atoms with Crippen LogP contribution >= 0.6 is 23.4 Å². The maximum Gasteiger partial charge on any atom is 0.0471 e. The Morgan fingerprint density at radius 3 is 2.58 bits per heavy atom. The first-order valence-electron chi connectivity index (χ1n) is 6.70. The fourth-order valence-electron chi connectivity index (χ4n) is 1.95. The number of halogens is 1. The van der Waals surface area contributed by atoms with E-state index in [1.54, 1.807) is 0 Å². The number of thioether (sulfide) groups is 1. The number of anilines is 1. The first kappa shape index (κ1) is 16.7. The molecule has 0 aromatic heterocycles. The second kappa shape index (κ2) is 8.03. The first-order chi connectivity index (χ1) is 8.97. The topological polar surface area (TPSA) is 15.3 Å². The van der Waals surface area contributed by atoms with Crippen molar-refractivity contribution < 1.29 is 0 Å². The van der Waals surface area contributed by atoms with E-state index in [-0.39, 0.29) is 0 Å². The lowest BCUT2D eigenvalue weighted by molar-refractivity contribution is 0.587. The second-order valence-corrected chi connectivity index (χ2v) is 6.51. The van der Waals surface area contributed by atoms with Gasteiger partial charge in [0.15, 0.2) is 0 Å². The summed E-state index contributed by atoms with van der Waals surface area (Å²) in [5.41, 5.74) is 2.41. The molecule has 0 saturated heterocycles. The van der Waals surface area contributed by atoms with Crippen LogP contribution in [-0.2, 0) is 6.54 Å². The Bertz CT molecular complexity index is 396. The monoisotopic (exact) mass is 300 g/mol. The molecule has 1 rings (SSSR count). The summed E-state index contributed by atoms with van der Waals surface area (Å²) in [6.45, 7) is 7.35. The van der Waals surface area contributed by atoms with Gasteiger partial charge in [0.1, 0.15) is 0 Å². The quantitative estimate of drug-likeness (QED) is 0.818. The Labute approximate surface area is 126 Å². The summed E-state index contributed by atoms with van der Waals surface area (Å²) >= 11 is 8.24. The van der Waals surface area contributed by atoms with Crippen LogP contribution in [0.2, 0.25) is 5.02 Å². The van der Waals surface area contributed by atoms with Gasteiger partial charge in [0, 0.05) is 47.7 Å². The molecule has 1 N–H and O–H groups in total. The van der Waals surface area contributed by atoms with Crippen molar-refractivity contribution in [3.05, 3.63) is 28.8 Å². The third kappa shape index (κ3) is 4.90. The van der Waals surface area contributed by atoms with Crippen molar-refractivity contribution in [3.8, 4) is 0 Å². The van der Waals surface area contributed by atoms with E-state index in [1.807, 2.05) is 23.9 Å². The molecular formula is C15H25ClN2S. The molecule has 19 heavy (non-hydrogen) atoms. The molecule has 0 amide bonds. The van der Waals surface area contributed by atoms with Gasteiger partial charge in [0.25, 0.3) is 0 Å². The lowest BCUT2D eigenvalue weighted by atomic mass is 10.1. The zero-order valence-electron chi connectivity index (χ0n) is 12.5. The van der Waals surface area contributed by atoms with Crippen LogP contribution in [0.5, 0.6) is 0 Å². The molecule has 2 nitrogen and oxygen atoms in total. The van der Waals surface area contributed by atoms with Crippen LogP contribution in [-0.4, -0.2) is 31.1 Å². The number of benzene rings is 1. The second-order valence-electron chi connectivity index (χ2n) is 5.19. The van der Waals surface area contributed by atoms with Crippen LogP contribution in [0.25, 0.3) is 0 Å². The summed E-state index contributed by atoms with van der Waals surface area (Å²) in [4.78, 5) is 2.32. The largest absolute Gasteiger partial charge is 0.371 e. The van der Waals surface area contributed by atoms with Crippen LogP contribution < -0.4 is 10.2 Å². The maximum absolute atomic E-state index is 6.37. The highest BCUT2D eigenvalue weighted by atomic mass is 35.5. The van der Waals surface area contributed by atoms with E-state index in [0.717, 1.165) is 17.3 Å². The minimum Gasteiger partial charge on any atom is -0.371 e. The first-order valence-corrected chi connectivity index (χ1v) is 8.47. The van der Waals surface area contributed by atoms with E-state index in [9.17, 15) is 0 Å². The third-order valence-corrected chi connectivity index (χ3v) is 4.40. The van der Waals surface area contributed by atoms with Crippen molar-refractivity contribution in [3.63, 3.8) is 0 Å². The summed E-state index contributed by atoms with van der Waals surface area (Å²) in [5, 5.41) is 4.29. The van der Waals surface area contributed by atoms with Crippen LogP contribution in [0.1, 0.15) is 26.3 Å². The minimum atomic E-state index is 0.457. The van der Waals surface area contributed by atoms with Gasteiger partial charge < -0.3 is 10.2 Å². The van der Waals surface area contributed by atoms with Gasteiger partial charge in [0.05, 0.1) is 0 Å². The third-order valence-electron chi connectivity index (χ3n) is 3.23. The van der Waals surface area contributed by atoms with Gasteiger partial charge in [-0.05, 0) is 25.3 Å². The highest BCUT2D eigenvalue weighted by molar-refractivity contribution is 7.98. The van der Waals surface area contributed by atoms with E-state index in [1.165, 1.54) is 11.3 Å². The molecule has 4 heteroatoms. The van der Waals surface area contributed by atoms with Gasteiger partial charge in [-0.15, -0.1) is 0 Å². The van der Waals surface area contributed by atoms with Gasteiger partial charge >= 0.3 is 0 Å². The Morgan fingerprint density at radius 1 is 1.32 bits per heavy atom. The van der Waals surface area contributed by atoms with Crippen molar-refractivity contribution >= 4 is 29.1 Å². The Hall–Kier alpha value is -0.380. The molecule has 0 bridgehead atoms. The van der Waals surface area contributed by atoms with Gasteiger partial charge in [-0.1, -0.05) is 31.5 Å². The molecule has 1 atom stereocenters. The fraction of sp³-hybridized carbons (Fsp3) is 0.600. The van der Waals surface area contributed by atoms with Gasteiger partial charge in [-0.2, -0.15) is 11.8 Å². The van der Waals surface area contributed by atoms with Crippen molar-refractivity contribution in [2.45, 2.75) is 39.4 Å². The highest BCUT2D eigenvalue weighted by Gasteiger charge is 2.15. The average molecular weight is 301 g/mol. The summed E-state index contributed by atoms with van der Waals surface area (Å²) in [6.07, 6.45) is 2.14. The lowest BCUT2D eigenvalue weighted by Crippen LogP contribution is -2.32. The minimum absolute atomic E-state index is 0.457. The number of nitrogens with one attached hydrogen (secondary N) is 1. The van der Waals surface area contributed by atoms with Gasteiger partial charge in [0.2, 0.25) is 0 Å². The van der Waals surface area contributed by atoms with Crippen molar-refractivity contribution in [2.75, 3.05) is 24.0 Å². The number of hydrogen-bond donors (Lipinski definition) is 1. The summed E-state index contributed by atoms with van der Waals surface area (Å²) in [6, 6.07) is 7.10. The molecule has 1 aromatic rings. The standard InChI is InChI=1S/C15H25ClN2S/c1-11(2)17-9-13-14(16)7-6-8-15(13)18(4)12(3)10-19-5/h6-8,11-12,17H,9-10H2,1-5H3. The summed E-state index contributed by atoms with van der Waals surface area (Å²) in [7, 11) is 2.14. The van der Waals surface area contributed by atoms with Crippen molar-refractivity contribution in [1.29, 1.82) is 0 Å². The van der Waals surface area contributed by atoms with Crippen LogP contribution in [0.3, 0.4) is 0 Å². The molecule has 0 aliphatic carbocycles. The molecule has 0 aliphatic rings. The van der Waals surface area contributed by atoms with E-state index >= 15 is 0 Å². The summed E-state index contributed by atoms with van der Waals surface area (Å²) in [5.74, 6) is 1.11. The van der Waals surface area contributed by atoms with Crippen molar-refractivity contribution in [1.82, 2.24) is 5.32 Å². The molecular weight excluding hydrogens is 276 g/mol. The van der Waals surface area contributed by atoms with Crippen molar-refractivity contribution in [2.24, 2.45) is 0 Å². The maximum atomic E-state index is 6.37. The molecule has 0 saturated carbocycles. The zero-order valence-corrected chi connectivity index (χ0v) is 14.1. The molecule has 0 heterocycles. The molecule has 0 radical (unpaired) electrons. The Morgan fingerprint density at radius 2 is 2.00 bits per heavy atom. The number of hydrogen-bond acceptors (Lipinski definition) is 3. The Balaban J connectivity index is 2.95. The summed E-state index contributed by atoms with van der Waals surface area (Å²) < 4.78 is 0. The molecule has 0 fully saturated rings. The molecule has 108 valence electrons. The smallest absolute Gasteiger partial charge is 0.0471 e. The van der Waals surface area contributed by atoms with Gasteiger partial charge in [-0.25, -0.2) is 0 Å². The normalized spacial score (nSPS) is 12.8. The molecule has 1 unspecified atom stereocenters. The SMILES string of the molecule is CSCC(C)N(C)c1cccc(Cl)c1CNC(C)C. The average Bonchev–Trinajstić information content (AvgIpc) is 2.36. The molecule has 1 aromatic carbocycles. The number of nitrogens with zero attached hydrogens (tertiary/aromatic N) is 1. The fourth-order valence-corrected chi connectivity index (χ4v) is 2.89. The van der Waals surface area contributed by atoms with E-state index in [2.05, 4.69) is 50.4 Å². The Kier molecular flexibility index (Phi) is 7.05. The van der Waals surface area contributed by atoms with Crippen LogP contribution in [0.15, 0.2) is 18.2 Å². The zero-order chi connectivity index (χ0) is 14.4. The molecule has 0 spiro atoms. The predicted octanol–water partition coefficient (Wildman–Crippen LogP) is 4.03. The highest BCUT2D eigenvalue weighted by Crippen LogP contribution is 2.28. The predicted molar refractivity (Wildman–Crippen MR) is 89.7 cm³/mol. The van der Waals surface area contributed by atoms with E-state index in [4.69, 9.17) is 11.6 Å². The van der Waals surface area contributed by atoms with Crippen LogP contribution in [0.4, 0.5) is 5.69 Å². The van der Waals surface area contributed by atoms with Gasteiger partial charge in [-0.3, -0.25) is 0 Å².